The molecule has 21 heavy (non-hydrogen) atoms. The highest BCUT2D eigenvalue weighted by Gasteiger charge is 2.22. The van der Waals surface area contributed by atoms with E-state index in [0.717, 1.165) is 32.2 Å². The molecule has 1 unspecified atom stereocenters. The second-order valence-electron chi connectivity index (χ2n) is 5.19. The van der Waals surface area contributed by atoms with Crippen molar-refractivity contribution in [3.05, 3.63) is 22.3 Å². The monoisotopic (exact) mass is 331 g/mol. The summed E-state index contributed by atoms with van der Waals surface area (Å²) in [4.78, 5) is 18.2. The molecule has 1 aliphatic rings. The lowest BCUT2D eigenvalue weighted by Gasteiger charge is -2.27. The average molecular weight is 332 g/mol. The minimum atomic E-state index is -0.188. The zero-order valence-corrected chi connectivity index (χ0v) is 13.2. The predicted molar refractivity (Wildman–Crippen MR) is 83.8 cm³/mol. The largest absolute Gasteiger partial charge is 0.395 e. The highest BCUT2D eigenvalue weighted by molar-refractivity contribution is 6.36. The van der Waals surface area contributed by atoms with Gasteiger partial charge in [-0.3, -0.25) is 9.69 Å². The molecule has 2 rings (SSSR count). The molecule has 2 heterocycles. The number of carbonyl (C=O) groups excluding carboxylic acids is 1. The van der Waals surface area contributed by atoms with Crippen molar-refractivity contribution < 1.29 is 9.90 Å². The minimum Gasteiger partial charge on any atom is -0.395 e. The highest BCUT2D eigenvalue weighted by atomic mass is 35.5. The van der Waals surface area contributed by atoms with Crippen molar-refractivity contribution in [2.45, 2.75) is 31.7 Å². The number of carbonyl (C=O) groups is 1. The van der Waals surface area contributed by atoms with Gasteiger partial charge in [-0.15, -0.1) is 0 Å². The Morgan fingerprint density at radius 1 is 1.43 bits per heavy atom. The molecule has 0 radical (unpaired) electrons. The lowest BCUT2D eigenvalue weighted by atomic mass is 10.1. The van der Waals surface area contributed by atoms with Crippen molar-refractivity contribution in [3.63, 3.8) is 0 Å². The maximum Gasteiger partial charge on any atom is 0.239 e. The molecular formula is C14H19Cl2N3O2. The lowest BCUT2D eigenvalue weighted by molar-refractivity contribution is -0.118. The molecule has 2 N–H and O–H groups in total. The molecule has 0 aromatic carbocycles. The Labute approximate surface area is 134 Å². The van der Waals surface area contributed by atoms with Gasteiger partial charge < -0.3 is 10.4 Å². The van der Waals surface area contributed by atoms with Crippen LogP contribution in [0.4, 0.5) is 5.82 Å². The summed E-state index contributed by atoms with van der Waals surface area (Å²) in [5.41, 5.74) is 0. The van der Waals surface area contributed by atoms with Gasteiger partial charge in [0.1, 0.15) is 0 Å². The molecule has 0 saturated carbocycles. The van der Waals surface area contributed by atoms with Crippen LogP contribution in [0.5, 0.6) is 0 Å². The molecule has 116 valence electrons. The van der Waals surface area contributed by atoms with Gasteiger partial charge in [-0.05, 0) is 25.5 Å². The van der Waals surface area contributed by atoms with E-state index < -0.39 is 0 Å². The maximum atomic E-state index is 12.1. The van der Waals surface area contributed by atoms with E-state index in [4.69, 9.17) is 23.2 Å². The van der Waals surface area contributed by atoms with Crippen molar-refractivity contribution in [1.29, 1.82) is 0 Å². The molecule has 1 aromatic heterocycles. The van der Waals surface area contributed by atoms with E-state index in [9.17, 15) is 9.90 Å². The Morgan fingerprint density at radius 2 is 2.24 bits per heavy atom. The van der Waals surface area contributed by atoms with Crippen LogP contribution in [0.2, 0.25) is 10.0 Å². The van der Waals surface area contributed by atoms with Crippen molar-refractivity contribution in [2.24, 2.45) is 0 Å². The van der Waals surface area contributed by atoms with Gasteiger partial charge in [0.05, 0.1) is 23.2 Å². The summed E-state index contributed by atoms with van der Waals surface area (Å²) in [6.45, 7) is 1.12. The quantitative estimate of drug-likeness (QED) is 0.889. The van der Waals surface area contributed by atoms with Gasteiger partial charge in [0.2, 0.25) is 5.91 Å². The number of halogens is 2. The molecule has 0 aliphatic carbocycles. The van der Waals surface area contributed by atoms with Gasteiger partial charge in [0, 0.05) is 12.2 Å². The van der Waals surface area contributed by atoms with Crippen LogP contribution in [0.15, 0.2) is 12.3 Å². The van der Waals surface area contributed by atoms with Crippen LogP contribution in [-0.2, 0) is 4.79 Å². The summed E-state index contributed by atoms with van der Waals surface area (Å²) >= 11 is 11.8. The average Bonchev–Trinajstić information content (AvgIpc) is 2.67. The van der Waals surface area contributed by atoms with Gasteiger partial charge in [0.25, 0.3) is 0 Å². The predicted octanol–water partition coefficient (Wildman–Crippen LogP) is 2.56. The lowest BCUT2D eigenvalue weighted by Crippen LogP contribution is -2.42. The fourth-order valence-corrected chi connectivity index (χ4v) is 2.94. The van der Waals surface area contributed by atoms with Crippen LogP contribution in [0.1, 0.15) is 25.7 Å². The normalized spacial score (nSPS) is 20.0. The number of amides is 1. The number of aromatic nitrogens is 1. The fraction of sp³-hybridized carbons (Fsp3) is 0.571. The van der Waals surface area contributed by atoms with Gasteiger partial charge in [-0.2, -0.15) is 0 Å². The third-order valence-electron chi connectivity index (χ3n) is 3.62. The summed E-state index contributed by atoms with van der Waals surface area (Å²) in [5.74, 6) is 0.119. The third kappa shape index (κ3) is 4.81. The molecule has 1 aliphatic heterocycles. The zero-order chi connectivity index (χ0) is 15.2. The minimum absolute atomic E-state index is 0.0481. The third-order valence-corrected chi connectivity index (χ3v) is 4.12. The fourth-order valence-electron chi connectivity index (χ4n) is 2.51. The van der Waals surface area contributed by atoms with Gasteiger partial charge in [-0.25, -0.2) is 4.98 Å². The van der Waals surface area contributed by atoms with Crippen LogP contribution in [0, 0.1) is 0 Å². The Hall–Kier alpha value is -0.880. The molecule has 5 nitrogen and oxygen atoms in total. The summed E-state index contributed by atoms with van der Waals surface area (Å²) in [6.07, 6.45) is 5.63. The van der Waals surface area contributed by atoms with Crippen molar-refractivity contribution >= 4 is 34.9 Å². The number of anilines is 1. The van der Waals surface area contributed by atoms with Crippen LogP contribution >= 0.6 is 23.2 Å². The van der Waals surface area contributed by atoms with E-state index >= 15 is 0 Å². The Kier molecular flexibility index (Phi) is 6.23. The van der Waals surface area contributed by atoms with Crippen molar-refractivity contribution in [2.75, 3.05) is 25.0 Å². The molecule has 7 heteroatoms. The number of hydrogen-bond donors (Lipinski definition) is 2. The second kappa shape index (κ2) is 7.94. The molecule has 0 spiro atoms. The van der Waals surface area contributed by atoms with E-state index in [1.165, 1.54) is 12.3 Å². The number of rotatable bonds is 4. The maximum absolute atomic E-state index is 12.1. The summed E-state index contributed by atoms with van der Waals surface area (Å²) < 4.78 is 0. The zero-order valence-electron chi connectivity index (χ0n) is 11.7. The first-order valence-electron chi connectivity index (χ1n) is 7.06. The number of nitrogens with one attached hydrogen (secondary N) is 1. The Balaban J connectivity index is 1.96. The van der Waals surface area contributed by atoms with E-state index in [0.29, 0.717) is 15.9 Å². The van der Waals surface area contributed by atoms with Gasteiger partial charge in [0.15, 0.2) is 5.82 Å². The van der Waals surface area contributed by atoms with Crippen LogP contribution in [0.3, 0.4) is 0 Å². The van der Waals surface area contributed by atoms with Gasteiger partial charge >= 0.3 is 0 Å². The topological polar surface area (TPSA) is 65.5 Å². The first-order valence-corrected chi connectivity index (χ1v) is 7.81. The number of aliphatic hydroxyl groups is 1. The Bertz CT molecular complexity index is 499. The molecule has 1 atom stereocenters. The van der Waals surface area contributed by atoms with Crippen LogP contribution in [-0.4, -0.2) is 46.6 Å². The van der Waals surface area contributed by atoms with Crippen molar-refractivity contribution in [1.82, 2.24) is 9.88 Å². The number of hydrogen-bond acceptors (Lipinski definition) is 4. The molecule has 0 bridgehead atoms. The highest BCUT2D eigenvalue weighted by Crippen LogP contribution is 2.22. The molecule has 1 fully saturated rings. The number of nitrogens with zero attached hydrogens (tertiary/aromatic N) is 2. The SMILES string of the molecule is O=C(CN1CCCCCC1CO)Nc1ncc(Cl)cc1Cl. The van der Waals surface area contributed by atoms with E-state index in [-0.39, 0.29) is 25.1 Å². The van der Waals surface area contributed by atoms with Crippen LogP contribution in [0.25, 0.3) is 0 Å². The first-order chi connectivity index (χ1) is 10.1. The molecular weight excluding hydrogens is 313 g/mol. The first kappa shape index (κ1) is 16.5. The number of aliphatic hydroxyl groups excluding tert-OH is 1. The summed E-state index contributed by atoms with van der Waals surface area (Å²) in [5, 5.41) is 12.9. The second-order valence-corrected chi connectivity index (χ2v) is 6.03. The van der Waals surface area contributed by atoms with Crippen molar-refractivity contribution in [3.8, 4) is 0 Å². The van der Waals surface area contributed by atoms with E-state index in [1.807, 2.05) is 4.90 Å². The van der Waals surface area contributed by atoms with E-state index in [2.05, 4.69) is 10.3 Å². The smallest absolute Gasteiger partial charge is 0.239 e. The van der Waals surface area contributed by atoms with E-state index in [1.54, 1.807) is 0 Å². The molecule has 1 saturated heterocycles. The summed E-state index contributed by atoms with van der Waals surface area (Å²) in [7, 11) is 0. The number of likely N-dealkylation sites (tertiary alicyclic amines) is 1. The number of pyridine rings is 1. The Morgan fingerprint density at radius 3 is 2.95 bits per heavy atom. The molecule has 1 amide bonds. The molecule has 1 aromatic rings. The van der Waals surface area contributed by atoms with Gasteiger partial charge in [-0.1, -0.05) is 36.0 Å². The summed E-state index contributed by atoms with van der Waals surface area (Å²) in [6, 6.07) is 1.58. The standard InChI is InChI=1S/C14H19Cl2N3O2/c15-10-6-12(16)14(17-7-10)18-13(21)8-19-5-3-1-2-4-11(19)9-20/h6-7,11,20H,1-5,8-9H2,(H,17,18,21). The van der Waals surface area contributed by atoms with Crippen LogP contribution < -0.4 is 5.32 Å².